The molecule has 1 saturated heterocycles. The lowest BCUT2D eigenvalue weighted by Crippen LogP contribution is -2.54. The second-order valence-corrected chi connectivity index (χ2v) is 9.17. The van der Waals surface area contributed by atoms with E-state index in [0.29, 0.717) is 19.3 Å². The van der Waals surface area contributed by atoms with Crippen molar-refractivity contribution in [3.63, 3.8) is 0 Å². The average Bonchev–Trinajstić information content (AvgIpc) is 2.62. The Morgan fingerprint density at radius 1 is 1.25 bits per heavy atom. The van der Waals surface area contributed by atoms with Gasteiger partial charge in [0.15, 0.2) is 0 Å². The first-order valence-corrected chi connectivity index (χ1v) is 11.3. The van der Waals surface area contributed by atoms with Crippen LogP contribution in [0.1, 0.15) is 38.7 Å². The van der Waals surface area contributed by atoms with Crippen molar-refractivity contribution in [2.24, 2.45) is 0 Å². The van der Waals surface area contributed by atoms with Crippen molar-refractivity contribution in [2.45, 2.75) is 63.2 Å². The molecule has 1 heterocycles. The van der Waals surface area contributed by atoms with Crippen molar-refractivity contribution in [1.29, 1.82) is 0 Å². The lowest BCUT2D eigenvalue weighted by Gasteiger charge is -2.36. The summed E-state index contributed by atoms with van der Waals surface area (Å²) in [6.45, 7) is 3.80. The molecule has 158 valence electrons. The standard InChI is InChI=1S/C19H31N3O5S/c1-14(2)21-19(24)22-17-9-8-16(27-18(17)12-23)10-11-20-28(25,26)13-15-6-4-3-5-7-15/h3-7,14,16-18,20,23H,8-13H2,1-2H3,(H2,21,22,24)/t16-,17+,18+/m0/s1. The van der Waals surface area contributed by atoms with E-state index in [1.54, 1.807) is 12.1 Å². The molecule has 1 aromatic rings. The smallest absolute Gasteiger partial charge is 0.315 e. The molecule has 1 aliphatic heterocycles. The first kappa shape index (κ1) is 22.6. The number of hydrogen-bond donors (Lipinski definition) is 4. The minimum Gasteiger partial charge on any atom is -0.394 e. The molecule has 0 unspecified atom stereocenters. The van der Waals surface area contributed by atoms with E-state index in [-0.39, 0.29) is 43.1 Å². The number of aliphatic hydroxyl groups is 1. The minimum absolute atomic E-state index is 0.0220. The Kier molecular flexibility index (Phi) is 8.68. The summed E-state index contributed by atoms with van der Waals surface area (Å²) in [6, 6.07) is 8.48. The maximum atomic E-state index is 12.2. The van der Waals surface area contributed by atoms with Crippen molar-refractivity contribution in [3.8, 4) is 0 Å². The summed E-state index contributed by atoms with van der Waals surface area (Å²) in [5.41, 5.74) is 0.734. The number of rotatable bonds is 9. The number of urea groups is 1. The molecule has 0 aromatic heterocycles. The molecule has 0 aliphatic carbocycles. The third kappa shape index (κ3) is 7.75. The van der Waals surface area contributed by atoms with Gasteiger partial charge in [-0.25, -0.2) is 17.9 Å². The van der Waals surface area contributed by atoms with E-state index in [9.17, 15) is 18.3 Å². The largest absolute Gasteiger partial charge is 0.394 e. The maximum absolute atomic E-state index is 12.2. The van der Waals surface area contributed by atoms with E-state index < -0.39 is 16.1 Å². The molecule has 3 atom stereocenters. The van der Waals surface area contributed by atoms with Gasteiger partial charge in [0, 0.05) is 12.6 Å². The van der Waals surface area contributed by atoms with Gasteiger partial charge in [-0.1, -0.05) is 30.3 Å². The molecule has 9 heteroatoms. The first-order chi connectivity index (χ1) is 13.3. The topological polar surface area (TPSA) is 117 Å². The van der Waals surface area contributed by atoms with Crippen LogP contribution in [-0.2, 0) is 20.5 Å². The van der Waals surface area contributed by atoms with Crippen LogP contribution in [0.2, 0.25) is 0 Å². The zero-order chi connectivity index (χ0) is 20.6. The molecule has 2 rings (SSSR count). The van der Waals surface area contributed by atoms with Gasteiger partial charge in [-0.2, -0.15) is 0 Å². The zero-order valence-corrected chi connectivity index (χ0v) is 17.2. The maximum Gasteiger partial charge on any atom is 0.315 e. The van der Waals surface area contributed by atoms with Crippen LogP contribution in [0, 0.1) is 0 Å². The van der Waals surface area contributed by atoms with Crippen molar-refractivity contribution in [2.75, 3.05) is 13.2 Å². The number of carbonyl (C=O) groups excluding carboxylic acids is 1. The van der Waals surface area contributed by atoms with Crippen molar-refractivity contribution < 1.29 is 23.1 Å². The number of hydrogen-bond acceptors (Lipinski definition) is 5. The van der Waals surface area contributed by atoms with Gasteiger partial charge in [0.2, 0.25) is 10.0 Å². The summed E-state index contributed by atoms with van der Waals surface area (Å²) >= 11 is 0. The Balaban J connectivity index is 1.76. The van der Waals surface area contributed by atoms with Crippen LogP contribution in [0.4, 0.5) is 4.79 Å². The number of amides is 2. The molecule has 0 radical (unpaired) electrons. The quantitative estimate of drug-likeness (QED) is 0.484. The van der Waals surface area contributed by atoms with Gasteiger partial charge in [0.05, 0.1) is 24.5 Å². The Hall–Kier alpha value is -1.68. The van der Waals surface area contributed by atoms with Crippen molar-refractivity contribution in [1.82, 2.24) is 15.4 Å². The Bertz CT molecular complexity index is 712. The Morgan fingerprint density at radius 3 is 2.61 bits per heavy atom. The van der Waals surface area contributed by atoms with Crippen LogP contribution in [0.3, 0.4) is 0 Å². The van der Waals surface area contributed by atoms with Crippen LogP contribution >= 0.6 is 0 Å². The minimum atomic E-state index is -3.41. The summed E-state index contributed by atoms with van der Waals surface area (Å²) in [7, 11) is -3.41. The molecule has 28 heavy (non-hydrogen) atoms. The van der Waals surface area contributed by atoms with Gasteiger partial charge in [-0.15, -0.1) is 0 Å². The predicted octanol–water partition coefficient (Wildman–Crippen LogP) is 1.11. The van der Waals surface area contributed by atoms with E-state index in [1.165, 1.54) is 0 Å². The van der Waals surface area contributed by atoms with E-state index >= 15 is 0 Å². The van der Waals surface area contributed by atoms with Crippen molar-refractivity contribution in [3.05, 3.63) is 35.9 Å². The van der Waals surface area contributed by atoms with Crippen LogP contribution in [0.25, 0.3) is 0 Å². The molecule has 1 aliphatic rings. The number of sulfonamides is 1. The molecular weight excluding hydrogens is 382 g/mol. The van der Waals surface area contributed by atoms with E-state index in [1.807, 2.05) is 32.0 Å². The molecule has 0 saturated carbocycles. The van der Waals surface area contributed by atoms with E-state index in [4.69, 9.17) is 4.74 Å². The van der Waals surface area contributed by atoms with Gasteiger partial charge in [0.1, 0.15) is 6.10 Å². The summed E-state index contributed by atoms with van der Waals surface area (Å²) in [5, 5.41) is 15.2. The molecule has 4 N–H and O–H groups in total. The van der Waals surface area contributed by atoms with Gasteiger partial charge in [-0.3, -0.25) is 0 Å². The van der Waals surface area contributed by atoms with Crippen LogP contribution in [0.15, 0.2) is 30.3 Å². The molecule has 1 aromatic carbocycles. The summed E-state index contributed by atoms with van der Waals surface area (Å²) in [6.07, 6.45) is 1.19. The highest BCUT2D eigenvalue weighted by Crippen LogP contribution is 2.21. The normalized spacial score (nSPS) is 22.8. The molecule has 1 fully saturated rings. The van der Waals surface area contributed by atoms with Crippen molar-refractivity contribution >= 4 is 16.1 Å². The lowest BCUT2D eigenvalue weighted by atomic mass is 9.97. The monoisotopic (exact) mass is 413 g/mol. The number of ether oxygens (including phenoxy) is 1. The number of carbonyl (C=O) groups is 1. The number of aliphatic hydroxyl groups excluding tert-OH is 1. The average molecular weight is 414 g/mol. The predicted molar refractivity (Wildman–Crippen MR) is 107 cm³/mol. The van der Waals surface area contributed by atoms with Crippen LogP contribution < -0.4 is 15.4 Å². The SMILES string of the molecule is CC(C)NC(=O)N[C@@H]1CC[C@@H](CCNS(=O)(=O)Cc2ccccc2)O[C@@H]1CO. The van der Waals surface area contributed by atoms with Gasteiger partial charge >= 0.3 is 6.03 Å². The number of benzene rings is 1. The fraction of sp³-hybridized carbons (Fsp3) is 0.632. The van der Waals surface area contributed by atoms with Gasteiger partial charge < -0.3 is 20.5 Å². The van der Waals surface area contributed by atoms with E-state index in [2.05, 4.69) is 15.4 Å². The second-order valence-electron chi connectivity index (χ2n) is 7.36. The van der Waals surface area contributed by atoms with E-state index in [0.717, 1.165) is 5.56 Å². The highest BCUT2D eigenvalue weighted by atomic mass is 32.2. The molecule has 8 nitrogen and oxygen atoms in total. The fourth-order valence-electron chi connectivity index (χ4n) is 3.20. The first-order valence-electron chi connectivity index (χ1n) is 9.63. The summed E-state index contributed by atoms with van der Waals surface area (Å²) < 4.78 is 32.8. The Labute approximate surface area is 167 Å². The molecular formula is C19H31N3O5S. The molecule has 0 bridgehead atoms. The van der Waals surface area contributed by atoms with Crippen LogP contribution in [-0.4, -0.2) is 57.0 Å². The fourth-order valence-corrected chi connectivity index (χ4v) is 4.36. The Morgan fingerprint density at radius 2 is 1.96 bits per heavy atom. The molecule has 0 spiro atoms. The third-order valence-corrected chi connectivity index (χ3v) is 5.88. The zero-order valence-electron chi connectivity index (χ0n) is 16.4. The second kappa shape index (κ2) is 10.8. The van der Waals surface area contributed by atoms with Crippen LogP contribution in [0.5, 0.6) is 0 Å². The highest BCUT2D eigenvalue weighted by molar-refractivity contribution is 7.88. The van der Waals surface area contributed by atoms with Gasteiger partial charge in [0.25, 0.3) is 0 Å². The third-order valence-electron chi connectivity index (χ3n) is 4.52. The van der Waals surface area contributed by atoms with Gasteiger partial charge in [-0.05, 0) is 38.7 Å². The highest BCUT2D eigenvalue weighted by Gasteiger charge is 2.32. The summed E-state index contributed by atoms with van der Waals surface area (Å²) in [4.78, 5) is 11.9. The lowest BCUT2D eigenvalue weighted by molar-refractivity contribution is -0.0886. The number of nitrogens with one attached hydrogen (secondary N) is 3. The summed E-state index contributed by atoms with van der Waals surface area (Å²) in [5.74, 6) is -0.0599. The molecule has 2 amide bonds.